The number of hydrogen-bond acceptors (Lipinski definition) is 2. The van der Waals surface area contributed by atoms with Crippen molar-refractivity contribution in [3.8, 4) is 22.4 Å². The number of benzene rings is 3. The molecule has 0 atom stereocenters. The molecule has 0 bridgehead atoms. The van der Waals surface area contributed by atoms with E-state index < -0.39 is 11.8 Å². The highest BCUT2D eigenvalue weighted by atomic mass is 32.1. The van der Waals surface area contributed by atoms with Crippen LogP contribution < -0.4 is 0 Å². The highest BCUT2D eigenvalue weighted by Gasteiger charge is 2.19. The third kappa shape index (κ3) is 4.20. The fraction of sp³-hybridized carbons (Fsp3) is 0.258. The maximum atomic E-state index is 8.76. The van der Waals surface area contributed by atoms with Gasteiger partial charge in [-0.3, -0.25) is 4.98 Å². The second-order valence-corrected chi connectivity index (χ2v) is 11.0. The lowest BCUT2D eigenvalue weighted by Crippen LogP contribution is -2.09. The van der Waals surface area contributed by atoms with Gasteiger partial charge in [-0.25, -0.2) is 0 Å². The van der Waals surface area contributed by atoms with Gasteiger partial charge in [0.15, 0.2) is 0 Å². The molecule has 1 nitrogen and oxygen atoms in total. The number of fused-ring (bicyclic) bond motifs is 3. The summed E-state index contributed by atoms with van der Waals surface area (Å²) in [7, 11) is 0. The van der Waals surface area contributed by atoms with Crippen molar-refractivity contribution in [2.45, 2.75) is 46.9 Å². The molecule has 5 aromatic rings. The fourth-order valence-corrected chi connectivity index (χ4v) is 5.95. The molecule has 2 heterocycles. The van der Waals surface area contributed by atoms with E-state index in [0.29, 0.717) is 11.5 Å². The Morgan fingerprint density at radius 3 is 2.36 bits per heavy atom. The summed E-state index contributed by atoms with van der Waals surface area (Å²) in [5, 5.41) is 2.48. The molecular weight excluding hydrogens is 418 g/mol. The van der Waals surface area contributed by atoms with Gasteiger partial charge in [-0.1, -0.05) is 95.3 Å². The second-order valence-electron chi connectivity index (χ2n) is 10.0. The first-order valence-electron chi connectivity index (χ1n) is 12.6. The Balaban J connectivity index is 1.78. The van der Waals surface area contributed by atoms with Gasteiger partial charge >= 0.3 is 0 Å². The van der Waals surface area contributed by atoms with E-state index in [1.807, 2.05) is 44.2 Å². The van der Waals surface area contributed by atoms with E-state index in [1.54, 1.807) is 6.20 Å². The van der Waals surface area contributed by atoms with Crippen molar-refractivity contribution in [1.29, 1.82) is 0 Å². The Bertz CT molecular complexity index is 1530. The number of pyridine rings is 1. The molecule has 33 heavy (non-hydrogen) atoms. The van der Waals surface area contributed by atoms with E-state index in [4.69, 9.17) is 7.73 Å². The standard InChI is InChI=1S/C31H31NS/c1-20(2)23-14-15-25-24-12-9-13-26(27-18-21(16-17-32-27)19-31(3,4)5)29(24)33-30(25)28(23)22-10-7-6-8-11-22/h6-18,20H,19H2,1-5H3/i19D2. The van der Waals surface area contributed by atoms with Crippen LogP contribution in [0.4, 0.5) is 0 Å². The molecule has 0 radical (unpaired) electrons. The van der Waals surface area contributed by atoms with Crippen molar-refractivity contribution in [2.75, 3.05) is 0 Å². The molecule has 0 N–H and O–H groups in total. The highest BCUT2D eigenvalue weighted by molar-refractivity contribution is 7.26. The summed E-state index contributed by atoms with van der Waals surface area (Å²) in [6, 6.07) is 25.4. The van der Waals surface area contributed by atoms with Crippen molar-refractivity contribution in [1.82, 2.24) is 4.98 Å². The van der Waals surface area contributed by atoms with Crippen LogP contribution in [0, 0.1) is 5.41 Å². The van der Waals surface area contributed by atoms with Gasteiger partial charge in [0.25, 0.3) is 0 Å². The molecule has 2 heteroatoms. The van der Waals surface area contributed by atoms with Gasteiger partial charge in [-0.15, -0.1) is 11.3 Å². The number of aromatic nitrogens is 1. The zero-order chi connectivity index (χ0) is 25.0. The normalized spacial score (nSPS) is 13.5. The first-order valence-corrected chi connectivity index (χ1v) is 12.4. The Morgan fingerprint density at radius 2 is 1.64 bits per heavy atom. The zero-order valence-electron chi connectivity index (χ0n) is 21.9. The molecule has 0 saturated heterocycles. The lowest BCUT2D eigenvalue weighted by molar-refractivity contribution is 0.411. The van der Waals surface area contributed by atoms with Crippen molar-refractivity contribution < 1.29 is 2.74 Å². The summed E-state index contributed by atoms with van der Waals surface area (Å²) in [4.78, 5) is 4.69. The quantitative estimate of drug-likeness (QED) is 0.265. The first-order chi connectivity index (χ1) is 16.6. The Labute approximate surface area is 203 Å². The molecule has 0 spiro atoms. The Morgan fingerprint density at radius 1 is 0.879 bits per heavy atom. The number of rotatable bonds is 4. The van der Waals surface area contributed by atoms with Crippen LogP contribution in [0.15, 0.2) is 79.0 Å². The molecule has 166 valence electrons. The monoisotopic (exact) mass is 451 g/mol. The second kappa shape index (κ2) is 8.43. The van der Waals surface area contributed by atoms with Gasteiger partial charge in [0.05, 0.1) is 5.69 Å². The van der Waals surface area contributed by atoms with Crippen molar-refractivity contribution >= 4 is 31.5 Å². The summed E-state index contributed by atoms with van der Waals surface area (Å²) in [6.45, 7) is 10.3. The van der Waals surface area contributed by atoms with E-state index >= 15 is 0 Å². The summed E-state index contributed by atoms with van der Waals surface area (Å²) in [6.07, 6.45) is 0.276. The Hall–Kier alpha value is -2.97. The van der Waals surface area contributed by atoms with E-state index in [0.717, 1.165) is 11.3 Å². The fourth-order valence-electron chi connectivity index (χ4n) is 4.55. The average Bonchev–Trinajstić information content (AvgIpc) is 3.22. The smallest absolute Gasteiger partial charge is 0.0719 e. The molecule has 0 amide bonds. The van der Waals surface area contributed by atoms with Crippen LogP contribution in [-0.4, -0.2) is 4.98 Å². The van der Waals surface area contributed by atoms with E-state index in [9.17, 15) is 0 Å². The summed E-state index contributed by atoms with van der Waals surface area (Å²) >= 11 is 1.82. The topological polar surface area (TPSA) is 12.9 Å². The molecular formula is C31H31NS. The number of hydrogen-bond donors (Lipinski definition) is 0. The number of thiophene rings is 1. The molecule has 3 aromatic carbocycles. The summed E-state index contributed by atoms with van der Waals surface area (Å²) < 4.78 is 20.0. The third-order valence-corrected chi connectivity index (χ3v) is 7.21. The maximum Gasteiger partial charge on any atom is 0.0719 e. The summed E-state index contributed by atoms with van der Waals surface area (Å²) in [5.41, 5.74) is 5.94. The van der Waals surface area contributed by atoms with Gasteiger partial charge in [-0.05, 0) is 46.5 Å². The van der Waals surface area contributed by atoms with Crippen LogP contribution >= 0.6 is 11.3 Å². The molecule has 0 aliphatic heterocycles. The van der Waals surface area contributed by atoms with E-state index in [-0.39, 0.29) is 0 Å². The van der Waals surface area contributed by atoms with Crippen LogP contribution in [0.3, 0.4) is 0 Å². The van der Waals surface area contributed by atoms with Gasteiger partial charge in [0.1, 0.15) is 0 Å². The van der Waals surface area contributed by atoms with Gasteiger partial charge in [0.2, 0.25) is 0 Å². The molecule has 0 aliphatic rings. The minimum Gasteiger partial charge on any atom is -0.256 e. The summed E-state index contributed by atoms with van der Waals surface area (Å²) in [5.74, 6) is 0.414. The van der Waals surface area contributed by atoms with E-state index in [1.165, 1.54) is 36.9 Å². The van der Waals surface area contributed by atoms with Gasteiger partial charge in [0, 0.05) is 40.2 Å². The maximum absolute atomic E-state index is 8.76. The van der Waals surface area contributed by atoms with Crippen molar-refractivity contribution in [3.63, 3.8) is 0 Å². The molecule has 0 saturated carbocycles. The molecule has 0 fully saturated rings. The van der Waals surface area contributed by atoms with Crippen LogP contribution in [0.1, 0.15) is 54.4 Å². The lowest BCUT2D eigenvalue weighted by Gasteiger charge is -2.18. The first kappa shape index (κ1) is 19.5. The van der Waals surface area contributed by atoms with Crippen LogP contribution in [0.2, 0.25) is 0 Å². The number of nitrogens with zero attached hydrogens (tertiary/aromatic N) is 1. The van der Waals surface area contributed by atoms with Crippen molar-refractivity contribution in [2.24, 2.45) is 5.41 Å². The van der Waals surface area contributed by atoms with Crippen LogP contribution in [-0.2, 0) is 6.37 Å². The molecule has 2 aromatic heterocycles. The van der Waals surface area contributed by atoms with Crippen LogP contribution in [0.5, 0.6) is 0 Å². The average molecular weight is 452 g/mol. The molecule has 0 aliphatic carbocycles. The Kier molecular flexibility index (Phi) is 4.98. The third-order valence-electron chi connectivity index (χ3n) is 5.94. The lowest BCUT2D eigenvalue weighted by atomic mass is 9.88. The predicted molar refractivity (Wildman–Crippen MR) is 145 cm³/mol. The largest absolute Gasteiger partial charge is 0.256 e. The highest BCUT2D eigenvalue weighted by Crippen LogP contribution is 2.46. The minimum absolute atomic E-state index is 0.414. The molecule has 0 unspecified atom stereocenters. The molecule has 5 rings (SSSR count). The van der Waals surface area contributed by atoms with E-state index in [2.05, 4.69) is 74.5 Å². The zero-order valence-corrected chi connectivity index (χ0v) is 20.8. The van der Waals surface area contributed by atoms with Crippen molar-refractivity contribution in [3.05, 3.63) is 90.1 Å². The van der Waals surface area contributed by atoms with Crippen LogP contribution in [0.25, 0.3) is 42.6 Å². The predicted octanol–water partition coefficient (Wildman–Crippen LogP) is 9.50. The van der Waals surface area contributed by atoms with Gasteiger partial charge in [-0.2, -0.15) is 0 Å². The van der Waals surface area contributed by atoms with Gasteiger partial charge < -0.3 is 0 Å². The minimum atomic E-state index is -1.47. The SMILES string of the molecule is [2H]C([2H])(c1ccnc(-c2cccc3c2sc2c(-c4ccccc4)c(C(C)C)ccc23)c1)C(C)(C)C.